The lowest BCUT2D eigenvalue weighted by atomic mass is 9.98. The summed E-state index contributed by atoms with van der Waals surface area (Å²) in [6.45, 7) is 0.571. The Balaban J connectivity index is 2.26. The number of hydrogen-bond donors (Lipinski definition) is 1. The van der Waals surface area contributed by atoms with Crippen molar-refractivity contribution in [3.63, 3.8) is 0 Å². The number of anilines is 1. The number of alkyl halides is 3. The first-order valence-corrected chi connectivity index (χ1v) is 7.38. The molecule has 1 fully saturated rings. The monoisotopic (exact) mass is 368 g/mol. The number of nitrogens with two attached hydrogens (primary N) is 1. The quantitative estimate of drug-likeness (QED) is 0.882. The smallest absolute Gasteiger partial charge is 0.369 e. The average Bonchev–Trinajstić information content (AvgIpc) is 2.43. The summed E-state index contributed by atoms with van der Waals surface area (Å²) in [5, 5.41) is 3.63. The third-order valence-corrected chi connectivity index (χ3v) is 4.23. The molecular formula is C12H16BrF3N4O. The fraction of sp³-hybridized carbons (Fsp3) is 0.667. The van der Waals surface area contributed by atoms with Gasteiger partial charge in [0, 0.05) is 13.1 Å². The molecule has 1 saturated heterocycles. The lowest BCUT2D eigenvalue weighted by Crippen LogP contribution is -2.40. The number of rotatable bonds is 3. The Hall–Kier alpha value is -1.09. The van der Waals surface area contributed by atoms with Crippen molar-refractivity contribution in [1.82, 2.24) is 9.78 Å². The molecule has 0 bridgehead atoms. The van der Waals surface area contributed by atoms with E-state index in [0.717, 1.165) is 19.4 Å². The summed E-state index contributed by atoms with van der Waals surface area (Å²) in [6, 6.07) is 0. The van der Waals surface area contributed by atoms with E-state index in [4.69, 9.17) is 5.73 Å². The van der Waals surface area contributed by atoms with Crippen molar-refractivity contribution in [1.29, 1.82) is 0 Å². The van der Waals surface area contributed by atoms with Crippen LogP contribution in [0.2, 0.25) is 0 Å². The van der Waals surface area contributed by atoms with Gasteiger partial charge in [0.2, 0.25) is 0 Å². The molecule has 1 aliphatic heterocycles. The van der Waals surface area contributed by atoms with Crippen LogP contribution in [0.1, 0.15) is 12.8 Å². The summed E-state index contributed by atoms with van der Waals surface area (Å²) in [6.07, 6.45) is -1.23. The maximum Gasteiger partial charge on any atom is 0.408 e. The van der Waals surface area contributed by atoms with E-state index in [2.05, 4.69) is 21.0 Å². The predicted molar refractivity (Wildman–Crippen MR) is 76.2 cm³/mol. The maximum absolute atomic E-state index is 12.4. The van der Waals surface area contributed by atoms with Crippen LogP contribution in [-0.2, 0) is 6.54 Å². The molecule has 1 aromatic rings. The summed E-state index contributed by atoms with van der Waals surface area (Å²) in [7, 11) is 0. The lowest BCUT2D eigenvalue weighted by molar-refractivity contribution is -0.143. The SMILES string of the molecule is NCC1CCCN(c2cnn(CC(F)(F)F)c(=O)c2Br)C1. The Morgan fingerprint density at radius 2 is 2.19 bits per heavy atom. The van der Waals surface area contributed by atoms with Crippen LogP contribution >= 0.6 is 15.9 Å². The largest absolute Gasteiger partial charge is 0.408 e. The highest BCUT2D eigenvalue weighted by Gasteiger charge is 2.30. The van der Waals surface area contributed by atoms with Crippen LogP contribution in [0.3, 0.4) is 0 Å². The molecule has 0 aliphatic carbocycles. The standard InChI is InChI=1S/C12H16BrF3N4O/c13-10-9(19-3-1-2-8(4-17)6-19)5-18-20(11(10)21)7-12(14,15)16/h5,8H,1-4,6-7,17H2. The van der Waals surface area contributed by atoms with Crippen molar-refractivity contribution in [3.8, 4) is 0 Å². The van der Waals surface area contributed by atoms with Crippen LogP contribution in [0.15, 0.2) is 15.5 Å². The first kappa shape index (κ1) is 16.3. The van der Waals surface area contributed by atoms with E-state index in [0.29, 0.717) is 29.4 Å². The molecule has 0 amide bonds. The maximum atomic E-state index is 12.4. The van der Waals surface area contributed by atoms with E-state index in [9.17, 15) is 18.0 Å². The molecule has 0 aromatic carbocycles. The second-order valence-electron chi connectivity index (χ2n) is 5.11. The van der Waals surface area contributed by atoms with Gasteiger partial charge in [-0.05, 0) is 41.2 Å². The minimum atomic E-state index is -4.48. The molecule has 1 aliphatic rings. The van der Waals surface area contributed by atoms with Gasteiger partial charge in [-0.3, -0.25) is 4.79 Å². The Morgan fingerprint density at radius 3 is 2.81 bits per heavy atom. The lowest BCUT2D eigenvalue weighted by Gasteiger charge is -2.34. The van der Waals surface area contributed by atoms with Gasteiger partial charge in [0.05, 0.1) is 11.9 Å². The summed E-state index contributed by atoms with van der Waals surface area (Å²) in [5.41, 5.74) is 5.41. The molecule has 0 saturated carbocycles. The van der Waals surface area contributed by atoms with E-state index < -0.39 is 18.3 Å². The number of piperidine rings is 1. The topological polar surface area (TPSA) is 64.2 Å². The molecule has 1 unspecified atom stereocenters. The van der Waals surface area contributed by atoms with Crippen LogP contribution in [-0.4, -0.2) is 35.6 Å². The van der Waals surface area contributed by atoms with E-state index in [1.165, 1.54) is 6.20 Å². The number of hydrogen-bond acceptors (Lipinski definition) is 4. The van der Waals surface area contributed by atoms with Crippen molar-refractivity contribution in [2.24, 2.45) is 11.7 Å². The van der Waals surface area contributed by atoms with E-state index in [1.807, 2.05) is 4.90 Å². The van der Waals surface area contributed by atoms with Gasteiger partial charge >= 0.3 is 6.18 Å². The highest BCUT2D eigenvalue weighted by Crippen LogP contribution is 2.27. The molecule has 118 valence electrons. The fourth-order valence-corrected chi connectivity index (χ4v) is 2.99. The van der Waals surface area contributed by atoms with Crippen LogP contribution < -0.4 is 16.2 Å². The van der Waals surface area contributed by atoms with Gasteiger partial charge in [0.25, 0.3) is 5.56 Å². The van der Waals surface area contributed by atoms with E-state index in [-0.39, 0.29) is 4.47 Å². The molecule has 5 nitrogen and oxygen atoms in total. The molecule has 2 N–H and O–H groups in total. The van der Waals surface area contributed by atoms with Crippen molar-refractivity contribution in [3.05, 3.63) is 21.0 Å². The second kappa shape index (κ2) is 6.35. The predicted octanol–water partition coefficient (Wildman–Crippen LogP) is 1.74. The summed E-state index contributed by atoms with van der Waals surface area (Å²) in [4.78, 5) is 13.9. The van der Waals surface area contributed by atoms with Gasteiger partial charge in [-0.15, -0.1) is 0 Å². The van der Waals surface area contributed by atoms with Crippen molar-refractivity contribution in [2.75, 3.05) is 24.5 Å². The zero-order valence-electron chi connectivity index (χ0n) is 11.2. The molecule has 1 atom stereocenters. The van der Waals surface area contributed by atoms with Gasteiger partial charge in [0.15, 0.2) is 0 Å². The Bertz CT molecular complexity index is 560. The molecule has 1 aromatic heterocycles. The number of nitrogens with zero attached hydrogens (tertiary/aromatic N) is 3. The highest BCUT2D eigenvalue weighted by molar-refractivity contribution is 9.10. The molecule has 21 heavy (non-hydrogen) atoms. The summed E-state index contributed by atoms with van der Waals surface area (Å²) in [5.74, 6) is 0.322. The normalized spacial score (nSPS) is 19.9. The van der Waals surface area contributed by atoms with Crippen LogP contribution in [0, 0.1) is 5.92 Å². The molecule has 2 rings (SSSR count). The van der Waals surface area contributed by atoms with Gasteiger partial charge < -0.3 is 10.6 Å². The zero-order chi connectivity index (χ0) is 15.6. The van der Waals surface area contributed by atoms with Crippen LogP contribution in [0.5, 0.6) is 0 Å². The number of aromatic nitrogens is 2. The molecule has 9 heteroatoms. The van der Waals surface area contributed by atoms with Gasteiger partial charge in [-0.1, -0.05) is 0 Å². The highest BCUT2D eigenvalue weighted by atomic mass is 79.9. The van der Waals surface area contributed by atoms with Crippen molar-refractivity contribution < 1.29 is 13.2 Å². The molecule has 0 radical (unpaired) electrons. The Morgan fingerprint density at radius 1 is 1.48 bits per heavy atom. The Kier molecular flexibility index (Phi) is 4.92. The molecular weight excluding hydrogens is 353 g/mol. The van der Waals surface area contributed by atoms with Crippen LogP contribution in [0.25, 0.3) is 0 Å². The first-order chi connectivity index (χ1) is 9.81. The van der Waals surface area contributed by atoms with Crippen molar-refractivity contribution in [2.45, 2.75) is 25.6 Å². The van der Waals surface area contributed by atoms with Gasteiger partial charge in [-0.2, -0.15) is 18.3 Å². The zero-order valence-corrected chi connectivity index (χ0v) is 12.8. The van der Waals surface area contributed by atoms with Crippen LogP contribution in [0.4, 0.5) is 18.9 Å². The third-order valence-electron chi connectivity index (χ3n) is 3.49. The van der Waals surface area contributed by atoms with E-state index in [1.54, 1.807) is 0 Å². The minimum Gasteiger partial charge on any atom is -0.369 e. The number of halogens is 4. The first-order valence-electron chi connectivity index (χ1n) is 6.59. The van der Waals surface area contributed by atoms with Crippen molar-refractivity contribution >= 4 is 21.6 Å². The fourth-order valence-electron chi connectivity index (χ4n) is 2.44. The Labute approximate surface area is 128 Å². The molecule has 2 heterocycles. The van der Waals surface area contributed by atoms with Gasteiger partial charge in [-0.25, -0.2) is 4.68 Å². The minimum absolute atomic E-state index is 0.111. The van der Waals surface area contributed by atoms with E-state index >= 15 is 0 Å². The second-order valence-corrected chi connectivity index (χ2v) is 5.90. The summed E-state index contributed by atoms with van der Waals surface area (Å²) < 4.78 is 37.6. The van der Waals surface area contributed by atoms with Gasteiger partial charge in [0.1, 0.15) is 11.0 Å². The summed E-state index contributed by atoms with van der Waals surface area (Å²) >= 11 is 3.10. The molecule has 0 spiro atoms. The average molecular weight is 369 g/mol. The third kappa shape index (κ3) is 3.97.